The maximum absolute atomic E-state index is 11.4. The SMILES string of the molecule is CS(=O)(=O)c1cc(Nc2ccc(Cl)c([N+](=O)[O-])c2)ncn1. The molecule has 0 aliphatic rings. The van der Waals surface area contributed by atoms with Crippen molar-refractivity contribution in [3.63, 3.8) is 0 Å². The molecule has 0 unspecified atom stereocenters. The number of nitro benzene ring substituents is 1. The van der Waals surface area contributed by atoms with Crippen LogP contribution in [-0.4, -0.2) is 29.6 Å². The van der Waals surface area contributed by atoms with Crippen LogP contribution < -0.4 is 5.32 Å². The molecule has 110 valence electrons. The fourth-order valence-corrected chi connectivity index (χ4v) is 2.24. The summed E-state index contributed by atoms with van der Waals surface area (Å²) < 4.78 is 22.8. The smallest absolute Gasteiger partial charge is 0.289 e. The van der Waals surface area contributed by atoms with Crippen molar-refractivity contribution in [2.45, 2.75) is 5.03 Å². The van der Waals surface area contributed by atoms with E-state index in [1.165, 1.54) is 24.3 Å². The summed E-state index contributed by atoms with van der Waals surface area (Å²) in [6.07, 6.45) is 2.11. The molecule has 0 spiro atoms. The molecule has 0 aliphatic heterocycles. The molecule has 10 heteroatoms. The van der Waals surface area contributed by atoms with Gasteiger partial charge in [-0.1, -0.05) is 11.6 Å². The maximum Gasteiger partial charge on any atom is 0.289 e. The lowest BCUT2D eigenvalue weighted by Gasteiger charge is -2.06. The fraction of sp³-hybridized carbons (Fsp3) is 0.0909. The van der Waals surface area contributed by atoms with Crippen LogP contribution in [-0.2, 0) is 9.84 Å². The topological polar surface area (TPSA) is 115 Å². The van der Waals surface area contributed by atoms with Crippen LogP contribution in [0.3, 0.4) is 0 Å². The summed E-state index contributed by atoms with van der Waals surface area (Å²) in [5, 5.41) is 13.4. The maximum atomic E-state index is 11.4. The highest BCUT2D eigenvalue weighted by Crippen LogP contribution is 2.28. The van der Waals surface area contributed by atoms with Crippen molar-refractivity contribution in [3.8, 4) is 0 Å². The Balaban J connectivity index is 2.35. The van der Waals surface area contributed by atoms with Crippen molar-refractivity contribution in [1.82, 2.24) is 9.97 Å². The molecular formula is C11H9ClN4O4S. The van der Waals surface area contributed by atoms with Crippen LogP contribution in [0.2, 0.25) is 5.02 Å². The molecule has 0 radical (unpaired) electrons. The van der Waals surface area contributed by atoms with Gasteiger partial charge in [-0.3, -0.25) is 10.1 Å². The lowest BCUT2D eigenvalue weighted by atomic mass is 10.3. The average Bonchev–Trinajstić information content (AvgIpc) is 2.40. The van der Waals surface area contributed by atoms with Crippen molar-refractivity contribution >= 4 is 38.6 Å². The highest BCUT2D eigenvalue weighted by Gasteiger charge is 2.14. The molecule has 0 saturated carbocycles. The van der Waals surface area contributed by atoms with E-state index in [-0.39, 0.29) is 21.6 Å². The summed E-state index contributed by atoms with van der Waals surface area (Å²) in [6, 6.07) is 5.33. The van der Waals surface area contributed by atoms with Gasteiger partial charge in [0.15, 0.2) is 14.9 Å². The second-order valence-corrected chi connectivity index (χ2v) is 6.43. The molecule has 2 rings (SSSR count). The number of hydrogen-bond acceptors (Lipinski definition) is 7. The normalized spacial score (nSPS) is 11.1. The van der Waals surface area contributed by atoms with Gasteiger partial charge >= 0.3 is 0 Å². The highest BCUT2D eigenvalue weighted by molar-refractivity contribution is 7.90. The molecule has 2 aromatic rings. The molecule has 1 N–H and O–H groups in total. The monoisotopic (exact) mass is 328 g/mol. The van der Waals surface area contributed by atoms with Crippen molar-refractivity contribution in [3.05, 3.63) is 45.7 Å². The molecule has 0 aliphatic carbocycles. The molecule has 0 atom stereocenters. The molecule has 0 bridgehead atoms. The molecule has 0 saturated heterocycles. The van der Waals surface area contributed by atoms with E-state index >= 15 is 0 Å². The number of rotatable bonds is 4. The summed E-state index contributed by atoms with van der Waals surface area (Å²) in [4.78, 5) is 17.7. The van der Waals surface area contributed by atoms with Crippen molar-refractivity contribution in [2.24, 2.45) is 0 Å². The number of aromatic nitrogens is 2. The lowest BCUT2D eigenvalue weighted by Crippen LogP contribution is -2.03. The lowest BCUT2D eigenvalue weighted by molar-refractivity contribution is -0.384. The van der Waals surface area contributed by atoms with E-state index < -0.39 is 14.8 Å². The van der Waals surface area contributed by atoms with Gasteiger partial charge in [-0.15, -0.1) is 0 Å². The van der Waals surface area contributed by atoms with E-state index in [2.05, 4.69) is 15.3 Å². The zero-order chi connectivity index (χ0) is 15.6. The second-order valence-electron chi connectivity index (χ2n) is 4.06. The Labute approximate surface area is 124 Å². The predicted molar refractivity (Wildman–Crippen MR) is 76.5 cm³/mol. The number of hydrogen-bond donors (Lipinski definition) is 1. The summed E-state index contributed by atoms with van der Waals surface area (Å²) in [7, 11) is -3.47. The van der Waals surface area contributed by atoms with E-state index in [4.69, 9.17) is 11.6 Å². The van der Waals surface area contributed by atoms with Crippen LogP contribution in [0.25, 0.3) is 0 Å². The van der Waals surface area contributed by atoms with Gasteiger partial charge in [0.05, 0.1) is 4.92 Å². The van der Waals surface area contributed by atoms with Crippen molar-refractivity contribution in [1.29, 1.82) is 0 Å². The summed E-state index contributed by atoms with van der Waals surface area (Å²) in [5.41, 5.74) is 0.0864. The Morgan fingerprint density at radius 1 is 1.29 bits per heavy atom. The zero-order valence-corrected chi connectivity index (χ0v) is 12.2. The van der Waals surface area contributed by atoms with Gasteiger partial charge in [-0.2, -0.15) is 0 Å². The van der Waals surface area contributed by atoms with Crippen LogP contribution >= 0.6 is 11.6 Å². The van der Waals surface area contributed by atoms with Crippen LogP contribution in [0.15, 0.2) is 35.6 Å². The molecular weight excluding hydrogens is 320 g/mol. The first-order valence-corrected chi connectivity index (χ1v) is 7.77. The van der Waals surface area contributed by atoms with E-state index in [9.17, 15) is 18.5 Å². The van der Waals surface area contributed by atoms with E-state index in [0.29, 0.717) is 5.69 Å². The van der Waals surface area contributed by atoms with Crippen LogP contribution in [0.4, 0.5) is 17.2 Å². The predicted octanol–water partition coefficient (Wildman–Crippen LogP) is 2.19. The summed E-state index contributed by atoms with van der Waals surface area (Å²) in [5.74, 6) is 0.196. The molecule has 1 heterocycles. The molecule has 21 heavy (non-hydrogen) atoms. The van der Waals surface area contributed by atoms with Crippen molar-refractivity contribution in [2.75, 3.05) is 11.6 Å². The minimum Gasteiger partial charge on any atom is -0.340 e. The number of sulfone groups is 1. The third-order valence-electron chi connectivity index (χ3n) is 2.44. The number of nitrogens with zero attached hydrogens (tertiary/aromatic N) is 3. The fourth-order valence-electron chi connectivity index (χ4n) is 1.49. The minimum absolute atomic E-state index is 0.00469. The van der Waals surface area contributed by atoms with Crippen LogP contribution in [0.5, 0.6) is 0 Å². The number of nitrogens with one attached hydrogen (secondary N) is 1. The quantitative estimate of drug-likeness (QED) is 0.519. The highest BCUT2D eigenvalue weighted by atomic mass is 35.5. The zero-order valence-electron chi connectivity index (χ0n) is 10.6. The molecule has 8 nitrogen and oxygen atoms in total. The Morgan fingerprint density at radius 3 is 2.62 bits per heavy atom. The summed E-state index contributed by atoms with van der Waals surface area (Å²) in [6.45, 7) is 0. The van der Waals surface area contributed by atoms with Gasteiger partial charge in [0.25, 0.3) is 5.69 Å². The number of halogens is 1. The molecule has 1 aromatic carbocycles. The second kappa shape index (κ2) is 5.62. The van der Waals surface area contributed by atoms with Crippen LogP contribution in [0.1, 0.15) is 0 Å². The average molecular weight is 329 g/mol. The summed E-state index contributed by atoms with van der Waals surface area (Å²) >= 11 is 5.70. The van der Waals surface area contributed by atoms with Gasteiger partial charge in [0.1, 0.15) is 17.2 Å². The van der Waals surface area contributed by atoms with Crippen molar-refractivity contribution < 1.29 is 13.3 Å². The van der Waals surface area contributed by atoms with E-state index in [1.807, 2.05) is 0 Å². The number of anilines is 2. The standard InChI is InChI=1S/C11H9ClN4O4S/c1-21(19,20)11-5-10(13-6-14-11)15-7-2-3-8(12)9(4-7)16(17)18/h2-6H,1H3,(H,13,14,15). The molecule has 1 aromatic heterocycles. The van der Waals surface area contributed by atoms with Gasteiger partial charge in [-0.05, 0) is 12.1 Å². The number of nitro groups is 1. The third-order valence-corrected chi connectivity index (χ3v) is 3.74. The Kier molecular flexibility index (Phi) is 4.05. The largest absolute Gasteiger partial charge is 0.340 e. The Bertz CT molecular complexity index is 810. The van der Waals surface area contributed by atoms with Gasteiger partial charge in [0, 0.05) is 24.1 Å². The Morgan fingerprint density at radius 2 is 2.00 bits per heavy atom. The first-order valence-electron chi connectivity index (χ1n) is 5.50. The first kappa shape index (κ1) is 15.1. The van der Waals surface area contributed by atoms with E-state index in [1.54, 1.807) is 0 Å². The van der Waals surface area contributed by atoms with Crippen LogP contribution in [0, 0.1) is 10.1 Å². The minimum atomic E-state index is -3.47. The van der Waals surface area contributed by atoms with Gasteiger partial charge in [-0.25, -0.2) is 18.4 Å². The third kappa shape index (κ3) is 3.64. The van der Waals surface area contributed by atoms with Gasteiger partial charge in [0.2, 0.25) is 0 Å². The molecule has 0 amide bonds. The molecule has 0 fully saturated rings. The van der Waals surface area contributed by atoms with Gasteiger partial charge < -0.3 is 5.32 Å². The van der Waals surface area contributed by atoms with E-state index in [0.717, 1.165) is 12.6 Å². The number of benzene rings is 1. The first-order chi connectivity index (χ1) is 9.77. The Hall–Kier alpha value is -2.26.